The Labute approximate surface area is 170 Å². The first-order valence-electron chi connectivity index (χ1n) is 9.71. The molecule has 0 radical (unpaired) electrons. The Morgan fingerprint density at radius 2 is 1.93 bits per heavy atom. The van der Waals surface area contributed by atoms with Crippen LogP contribution < -0.4 is 10.0 Å². The molecule has 1 aromatic carbocycles. The molecule has 1 saturated carbocycles. The van der Waals surface area contributed by atoms with E-state index in [2.05, 4.69) is 20.4 Å². The Morgan fingerprint density at radius 3 is 2.57 bits per heavy atom. The summed E-state index contributed by atoms with van der Waals surface area (Å²) in [6, 6.07) is 6.88. The van der Waals surface area contributed by atoms with Crippen molar-refractivity contribution in [1.29, 1.82) is 0 Å². The van der Waals surface area contributed by atoms with E-state index < -0.39 is 10.0 Å². The molecule has 3 rings (SSSR count). The van der Waals surface area contributed by atoms with Gasteiger partial charge in [-0.15, -0.1) is 11.3 Å². The van der Waals surface area contributed by atoms with E-state index in [-0.39, 0.29) is 16.8 Å². The number of rotatable bonds is 11. The molecule has 2 N–H and O–H groups in total. The smallest absolute Gasteiger partial charge is 0.240 e. The summed E-state index contributed by atoms with van der Waals surface area (Å²) in [5.41, 5.74) is 2.03. The molecule has 2 aromatic rings. The van der Waals surface area contributed by atoms with Crippen molar-refractivity contribution >= 4 is 27.3 Å². The fourth-order valence-electron chi connectivity index (χ4n) is 2.82. The normalized spacial score (nSPS) is 14.2. The van der Waals surface area contributed by atoms with Gasteiger partial charge < -0.3 is 5.32 Å². The van der Waals surface area contributed by atoms with Gasteiger partial charge in [-0.25, -0.2) is 18.1 Å². The average Bonchev–Trinajstić information content (AvgIpc) is 3.37. The topological polar surface area (TPSA) is 88.2 Å². The highest BCUT2D eigenvalue weighted by atomic mass is 32.2. The molecule has 0 unspecified atom stereocenters. The standard InChI is InChI=1S/C20H27N3O3S2/c1-15-14-27-20(22-15)4-2-3-13-21-19(24)12-7-16-5-10-18(11-6-16)28(25,26)23-17-8-9-17/h5-6,10-11,14,17,23H,2-4,7-9,12-13H2,1H3,(H,21,24). The number of thiazole rings is 1. The lowest BCUT2D eigenvalue weighted by Crippen LogP contribution is -2.25. The van der Waals surface area contributed by atoms with Crippen molar-refractivity contribution in [3.8, 4) is 0 Å². The zero-order valence-electron chi connectivity index (χ0n) is 16.1. The fourth-order valence-corrected chi connectivity index (χ4v) is 4.94. The largest absolute Gasteiger partial charge is 0.356 e. The maximum absolute atomic E-state index is 12.1. The molecule has 1 aliphatic carbocycles. The fraction of sp³-hybridized carbons (Fsp3) is 0.500. The van der Waals surface area contributed by atoms with E-state index >= 15 is 0 Å². The molecule has 28 heavy (non-hydrogen) atoms. The third-order valence-electron chi connectivity index (χ3n) is 4.58. The van der Waals surface area contributed by atoms with Crippen molar-refractivity contribution < 1.29 is 13.2 Å². The van der Waals surface area contributed by atoms with Gasteiger partial charge in [-0.2, -0.15) is 0 Å². The molecule has 0 bridgehead atoms. The number of benzene rings is 1. The number of hydrogen-bond acceptors (Lipinski definition) is 5. The highest BCUT2D eigenvalue weighted by Crippen LogP contribution is 2.22. The molecule has 0 saturated heterocycles. The van der Waals surface area contributed by atoms with E-state index in [0.29, 0.717) is 19.4 Å². The van der Waals surface area contributed by atoms with Gasteiger partial charge in [-0.1, -0.05) is 12.1 Å². The molecule has 0 aliphatic heterocycles. The predicted octanol–water partition coefficient (Wildman–Crippen LogP) is 2.96. The molecule has 6 nitrogen and oxygen atoms in total. The summed E-state index contributed by atoms with van der Waals surface area (Å²) in [5, 5.41) is 6.16. The number of aryl methyl sites for hydroxylation is 3. The van der Waals surface area contributed by atoms with Gasteiger partial charge in [0.1, 0.15) is 0 Å². The van der Waals surface area contributed by atoms with Crippen molar-refractivity contribution in [1.82, 2.24) is 15.0 Å². The molecule has 1 fully saturated rings. The van der Waals surface area contributed by atoms with Gasteiger partial charge in [0.2, 0.25) is 15.9 Å². The van der Waals surface area contributed by atoms with Crippen LogP contribution in [0.25, 0.3) is 0 Å². The van der Waals surface area contributed by atoms with Crippen LogP contribution in [0.5, 0.6) is 0 Å². The lowest BCUT2D eigenvalue weighted by Gasteiger charge is -2.07. The number of nitrogens with zero attached hydrogens (tertiary/aromatic N) is 1. The van der Waals surface area contributed by atoms with E-state index in [1.54, 1.807) is 35.6 Å². The molecular formula is C20H27N3O3S2. The Hall–Kier alpha value is -1.77. The van der Waals surface area contributed by atoms with Crippen LogP contribution in [0.1, 0.15) is 48.4 Å². The Balaban J connectivity index is 1.32. The van der Waals surface area contributed by atoms with Crippen LogP contribution in [0.15, 0.2) is 34.5 Å². The lowest BCUT2D eigenvalue weighted by molar-refractivity contribution is -0.121. The number of nitrogens with one attached hydrogen (secondary N) is 2. The zero-order valence-corrected chi connectivity index (χ0v) is 17.7. The van der Waals surface area contributed by atoms with E-state index in [4.69, 9.17) is 0 Å². The molecule has 1 aliphatic rings. The molecule has 0 spiro atoms. The van der Waals surface area contributed by atoms with Gasteiger partial charge >= 0.3 is 0 Å². The Morgan fingerprint density at radius 1 is 1.18 bits per heavy atom. The zero-order chi connectivity index (χ0) is 20.0. The molecule has 1 heterocycles. The summed E-state index contributed by atoms with van der Waals surface area (Å²) >= 11 is 1.69. The maximum atomic E-state index is 12.1. The lowest BCUT2D eigenvalue weighted by atomic mass is 10.1. The van der Waals surface area contributed by atoms with Gasteiger partial charge in [0.05, 0.1) is 9.90 Å². The molecule has 0 atom stereocenters. The molecule has 1 amide bonds. The molecule has 1 aromatic heterocycles. The summed E-state index contributed by atoms with van der Waals surface area (Å²) in [5.74, 6) is 0.0252. The minimum atomic E-state index is -3.41. The quantitative estimate of drug-likeness (QED) is 0.546. The van der Waals surface area contributed by atoms with Crippen LogP contribution >= 0.6 is 11.3 Å². The number of hydrogen-bond donors (Lipinski definition) is 2. The van der Waals surface area contributed by atoms with Crippen molar-refractivity contribution in [2.24, 2.45) is 0 Å². The highest BCUT2D eigenvalue weighted by molar-refractivity contribution is 7.89. The van der Waals surface area contributed by atoms with Crippen LogP contribution in [0.3, 0.4) is 0 Å². The maximum Gasteiger partial charge on any atom is 0.240 e. The number of carbonyl (C=O) groups is 1. The van der Waals surface area contributed by atoms with Crippen LogP contribution in [0, 0.1) is 6.92 Å². The Bertz CT molecular complexity index is 888. The van der Waals surface area contributed by atoms with Crippen LogP contribution in [-0.2, 0) is 27.7 Å². The van der Waals surface area contributed by atoms with Crippen molar-refractivity contribution in [2.75, 3.05) is 6.54 Å². The van der Waals surface area contributed by atoms with Gasteiger partial charge in [-0.3, -0.25) is 4.79 Å². The summed E-state index contributed by atoms with van der Waals surface area (Å²) in [4.78, 5) is 16.7. The average molecular weight is 422 g/mol. The van der Waals surface area contributed by atoms with Gasteiger partial charge in [-0.05, 0) is 63.1 Å². The number of unbranched alkanes of at least 4 members (excludes halogenated alkanes) is 1. The molecular weight excluding hydrogens is 394 g/mol. The van der Waals surface area contributed by atoms with E-state index in [9.17, 15) is 13.2 Å². The highest BCUT2D eigenvalue weighted by Gasteiger charge is 2.27. The second-order valence-corrected chi connectivity index (χ2v) is 9.89. The number of sulfonamides is 1. The van der Waals surface area contributed by atoms with E-state index in [1.165, 1.54) is 0 Å². The number of amides is 1. The molecule has 152 valence electrons. The minimum Gasteiger partial charge on any atom is -0.356 e. The molecule has 8 heteroatoms. The number of aromatic nitrogens is 1. The third-order valence-corrected chi connectivity index (χ3v) is 7.14. The minimum absolute atomic E-state index is 0.0252. The van der Waals surface area contributed by atoms with Crippen molar-refractivity contribution in [2.45, 2.75) is 62.8 Å². The first-order chi connectivity index (χ1) is 13.4. The van der Waals surface area contributed by atoms with Crippen LogP contribution in [0.4, 0.5) is 0 Å². The second-order valence-electron chi connectivity index (χ2n) is 7.23. The first kappa shape index (κ1) is 21.0. The Kier molecular flexibility index (Phi) is 7.20. The van der Waals surface area contributed by atoms with Crippen LogP contribution in [-0.4, -0.2) is 31.9 Å². The number of carbonyl (C=O) groups excluding carboxylic acids is 1. The predicted molar refractivity (Wildman–Crippen MR) is 111 cm³/mol. The van der Waals surface area contributed by atoms with Gasteiger partial charge in [0, 0.05) is 30.1 Å². The summed E-state index contributed by atoms with van der Waals surface area (Å²) < 4.78 is 27.0. The van der Waals surface area contributed by atoms with Gasteiger partial charge in [0.15, 0.2) is 0 Å². The summed E-state index contributed by atoms with van der Waals surface area (Å²) in [6.45, 7) is 2.67. The monoisotopic (exact) mass is 421 g/mol. The summed E-state index contributed by atoms with van der Waals surface area (Å²) in [7, 11) is -3.41. The van der Waals surface area contributed by atoms with Crippen molar-refractivity contribution in [3.05, 3.63) is 45.9 Å². The van der Waals surface area contributed by atoms with Crippen LogP contribution in [0.2, 0.25) is 0 Å². The van der Waals surface area contributed by atoms with E-state index in [0.717, 1.165) is 48.4 Å². The van der Waals surface area contributed by atoms with E-state index in [1.807, 2.05) is 6.92 Å². The first-order valence-corrected chi connectivity index (χ1v) is 12.1. The van der Waals surface area contributed by atoms with Crippen molar-refractivity contribution in [3.63, 3.8) is 0 Å². The summed E-state index contributed by atoms with van der Waals surface area (Å²) in [6.07, 6.45) is 5.73. The van der Waals surface area contributed by atoms with Gasteiger partial charge in [0.25, 0.3) is 0 Å². The SMILES string of the molecule is Cc1csc(CCCCNC(=O)CCc2ccc(S(=O)(=O)NC3CC3)cc2)n1. The third kappa shape index (κ3) is 6.68. The second kappa shape index (κ2) is 9.62.